The molecule has 0 saturated carbocycles. The van der Waals surface area contributed by atoms with Gasteiger partial charge in [-0.15, -0.1) is 0 Å². The van der Waals surface area contributed by atoms with E-state index in [9.17, 15) is 13.2 Å². The Morgan fingerprint density at radius 2 is 1.81 bits per heavy atom. The van der Waals surface area contributed by atoms with Gasteiger partial charge in [0.15, 0.2) is 0 Å². The molecule has 7 nitrogen and oxygen atoms in total. The van der Waals surface area contributed by atoms with Crippen LogP contribution in [0, 0.1) is 0 Å². The highest BCUT2D eigenvalue weighted by Crippen LogP contribution is 2.22. The Morgan fingerprint density at radius 3 is 2.42 bits per heavy atom. The summed E-state index contributed by atoms with van der Waals surface area (Å²) < 4.78 is 36.3. The van der Waals surface area contributed by atoms with Crippen LogP contribution in [-0.4, -0.2) is 41.7 Å². The number of rotatable bonds is 8. The summed E-state index contributed by atoms with van der Waals surface area (Å²) in [6.07, 6.45) is 0. The van der Waals surface area contributed by atoms with Gasteiger partial charge in [0.1, 0.15) is 12.4 Å². The van der Waals surface area contributed by atoms with Crippen LogP contribution in [0.25, 0.3) is 0 Å². The van der Waals surface area contributed by atoms with Gasteiger partial charge in [-0.2, -0.15) is 0 Å². The molecule has 0 fully saturated rings. The van der Waals surface area contributed by atoms with Crippen LogP contribution in [0.4, 0.5) is 5.69 Å². The Balaban J connectivity index is 2.13. The average Bonchev–Trinajstić information content (AvgIpc) is 2.63. The van der Waals surface area contributed by atoms with Crippen molar-refractivity contribution >= 4 is 33.2 Å². The van der Waals surface area contributed by atoms with Crippen molar-refractivity contribution in [2.45, 2.75) is 4.90 Å². The van der Waals surface area contributed by atoms with Gasteiger partial charge in [0, 0.05) is 12.8 Å². The van der Waals surface area contributed by atoms with Crippen molar-refractivity contribution in [3.8, 4) is 5.75 Å². The summed E-state index contributed by atoms with van der Waals surface area (Å²) >= 11 is 6.04. The predicted octanol–water partition coefficient (Wildman–Crippen LogP) is 2.53. The Kier molecular flexibility index (Phi) is 6.98. The third-order valence-electron chi connectivity index (χ3n) is 3.43. The van der Waals surface area contributed by atoms with Gasteiger partial charge < -0.3 is 14.8 Å². The SMILES string of the molecule is CNS(=O)(=O)c1ccc(Cl)c(C(=O)Nc2ccc(OCCOC)cc2)c1. The number of carbonyl (C=O) groups is 1. The quantitative estimate of drug-likeness (QED) is 0.666. The summed E-state index contributed by atoms with van der Waals surface area (Å²) in [7, 11) is -0.797. The minimum absolute atomic E-state index is 0.0450. The number of halogens is 1. The lowest BCUT2D eigenvalue weighted by Crippen LogP contribution is -2.20. The first-order valence-corrected chi connectivity index (χ1v) is 9.49. The molecular formula is C17H19ClN2O5S. The molecule has 0 saturated heterocycles. The van der Waals surface area contributed by atoms with Crippen LogP contribution < -0.4 is 14.8 Å². The van der Waals surface area contributed by atoms with Gasteiger partial charge in [-0.3, -0.25) is 4.79 Å². The first-order chi connectivity index (χ1) is 12.4. The molecule has 0 aliphatic rings. The highest BCUT2D eigenvalue weighted by Gasteiger charge is 2.17. The van der Waals surface area contributed by atoms with Crippen LogP contribution in [0.5, 0.6) is 5.75 Å². The highest BCUT2D eigenvalue weighted by molar-refractivity contribution is 7.89. The van der Waals surface area contributed by atoms with Crippen molar-refractivity contribution in [3.05, 3.63) is 53.1 Å². The topological polar surface area (TPSA) is 93.7 Å². The molecule has 26 heavy (non-hydrogen) atoms. The fourth-order valence-electron chi connectivity index (χ4n) is 2.04. The van der Waals surface area contributed by atoms with Gasteiger partial charge in [0.2, 0.25) is 10.0 Å². The zero-order valence-corrected chi connectivity index (χ0v) is 15.9. The Hall–Kier alpha value is -2.13. The molecule has 140 valence electrons. The maximum absolute atomic E-state index is 12.4. The molecule has 0 heterocycles. The third kappa shape index (κ3) is 5.18. The van der Waals surface area contributed by atoms with Gasteiger partial charge in [-0.25, -0.2) is 13.1 Å². The van der Waals surface area contributed by atoms with Crippen LogP contribution in [0.15, 0.2) is 47.4 Å². The summed E-state index contributed by atoms with van der Waals surface area (Å²) in [6.45, 7) is 0.896. The van der Waals surface area contributed by atoms with Crippen molar-refractivity contribution in [2.75, 3.05) is 32.7 Å². The second kappa shape index (κ2) is 9.00. The summed E-state index contributed by atoms with van der Waals surface area (Å²) in [5.41, 5.74) is 0.579. The maximum Gasteiger partial charge on any atom is 0.257 e. The number of anilines is 1. The Morgan fingerprint density at radius 1 is 1.12 bits per heavy atom. The van der Waals surface area contributed by atoms with Gasteiger partial charge in [0.05, 0.1) is 22.1 Å². The monoisotopic (exact) mass is 398 g/mol. The zero-order valence-electron chi connectivity index (χ0n) is 14.3. The van der Waals surface area contributed by atoms with Crippen LogP contribution >= 0.6 is 11.6 Å². The molecular weight excluding hydrogens is 380 g/mol. The Labute approximate surface area is 157 Å². The van der Waals surface area contributed by atoms with E-state index in [1.54, 1.807) is 31.4 Å². The molecule has 2 rings (SSSR count). The molecule has 0 aliphatic heterocycles. The van der Waals surface area contributed by atoms with Crippen molar-refractivity contribution in [3.63, 3.8) is 0 Å². The van der Waals surface area contributed by atoms with Crippen LogP contribution in [-0.2, 0) is 14.8 Å². The zero-order chi connectivity index (χ0) is 19.2. The van der Waals surface area contributed by atoms with E-state index in [1.807, 2.05) is 0 Å². The van der Waals surface area contributed by atoms with E-state index in [1.165, 1.54) is 25.2 Å². The summed E-state index contributed by atoms with van der Waals surface area (Å²) in [4.78, 5) is 12.4. The van der Waals surface area contributed by atoms with E-state index >= 15 is 0 Å². The lowest BCUT2D eigenvalue weighted by Gasteiger charge is -2.10. The number of hydrogen-bond donors (Lipinski definition) is 2. The van der Waals surface area contributed by atoms with Gasteiger partial charge in [-0.05, 0) is 49.5 Å². The minimum Gasteiger partial charge on any atom is -0.491 e. The molecule has 1 amide bonds. The number of ether oxygens (including phenoxy) is 2. The van der Waals surface area contributed by atoms with E-state index in [4.69, 9.17) is 21.1 Å². The molecule has 2 N–H and O–H groups in total. The number of benzene rings is 2. The summed E-state index contributed by atoms with van der Waals surface area (Å²) in [5.74, 6) is 0.122. The largest absolute Gasteiger partial charge is 0.491 e. The van der Waals surface area contributed by atoms with Crippen LogP contribution in [0.2, 0.25) is 5.02 Å². The van der Waals surface area contributed by atoms with Crippen molar-refractivity contribution in [1.82, 2.24) is 4.72 Å². The van der Waals surface area contributed by atoms with E-state index in [0.29, 0.717) is 24.7 Å². The van der Waals surface area contributed by atoms with Crippen LogP contribution in [0.3, 0.4) is 0 Å². The van der Waals surface area contributed by atoms with E-state index in [2.05, 4.69) is 10.0 Å². The van der Waals surface area contributed by atoms with E-state index in [-0.39, 0.29) is 15.5 Å². The van der Waals surface area contributed by atoms with Gasteiger partial charge in [0.25, 0.3) is 5.91 Å². The normalized spacial score (nSPS) is 11.2. The molecule has 0 bridgehead atoms. The molecule has 2 aromatic carbocycles. The molecule has 2 aromatic rings. The Bertz CT molecular complexity index is 869. The molecule has 0 unspecified atom stereocenters. The number of carbonyl (C=O) groups excluding carboxylic acids is 1. The van der Waals surface area contributed by atoms with Gasteiger partial charge in [-0.1, -0.05) is 11.6 Å². The van der Waals surface area contributed by atoms with Crippen molar-refractivity contribution < 1.29 is 22.7 Å². The molecule has 0 aromatic heterocycles. The second-order valence-electron chi connectivity index (χ2n) is 5.17. The fraction of sp³-hybridized carbons (Fsp3) is 0.235. The third-order valence-corrected chi connectivity index (χ3v) is 5.17. The first kappa shape index (κ1) is 20.2. The highest BCUT2D eigenvalue weighted by atomic mass is 35.5. The minimum atomic E-state index is -3.68. The van der Waals surface area contributed by atoms with Crippen LogP contribution in [0.1, 0.15) is 10.4 Å². The summed E-state index contributed by atoms with van der Waals surface area (Å²) in [6, 6.07) is 10.7. The number of sulfonamides is 1. The molecule has 0 spiro atoms. The van der Waals surface area contributed by atoms with Gasteiger partial charge >= 0.3 is 0 Å². The lowest BCUT2D eigenvalue weighted by molar-refractivity contribution is 0.102. The second-order valence-corrected chi connectivity index (χ2v) is 7.46. The first-order valence-electron chi connectivity index (χ1n) is 7.63. The fourth-order valence-corrected chi connectivity index (χ4v) is 3.00. The summed E-state index contributed by atoms with van der Waals surface area (Å²) in [5, 5.41) is 2.82. The molecule has 0 atom stereocenters. The van der Waals surface area contributed by atoms with E-state index in [0.717, 1.165) is 0 Å². The number of hydrogen-bond acceptors (Lipinski definition) is 5. The van der Waals surface area contributed by atoms with Crippen molar-refractivity contribution in [2.24, 2.45) is 0 Å². The number of amides is 1. The van der Waals surface area contributed by atoms with Crippen molar-refractivity contribution in [1.29, 1.82) is 0 Å². The molecule has 9 heteroatoms. The smallest absolute Gasteiger partial charge is 0.257 e. The predicted molar refractivity (Wildman–Crippen MR) is 99.5 cm³/mol. The maximum atomic E-state index is 12.4. The molecule has 0 radical (unpaired) electrons. The number of nitrogens with one attached hydrogen (secondary N) is 2. The standard InChI is InChI=1S/C17H19ClN2O5S/c1-19-26(22,23)14-7-8-16(18)15(11-14)17(21)20-12-3-5-13(6-4-12)25-10-9-24-2/h3-8,11,19H,9-10H2,1-2H3,(H,20,21). The van der Waals surface area contributed by atoms with E-state index < -0.39 is 15.9 Å². The number of methoxy groups -OCH3 is 1. The molecule has 0 aliphatic carbocycles. The average molecular weight is 399 g/mol. The lowest BCUT2D eigenvalue weighted by atomic mass is 10.2.